The summed E-state index contributed by atoms with van der Waals surface area (Å²) in [6.07, 6.45) is 0. The highest BCUT2D eigenvalue weighted by atomic mass is 35.5. The Morgan fingerprint density at radius 1 is 1.06 bits per heavy atom. The number of methoxy groups -OCH3 is 1. The summed E-state index contributed by atoms with van der Waals surface area (Å²) in [6, 6.07) is 21.0. The fourth-order valence-electron chi connectivity index (χ4n) is 3.33. The van der Waals surface area contributed by atoms with E-state index in [9.17, 15) is 4.79 Å². The summed E-state index contributed by atoms with van der Waals surface area (Å²) in [4.78, 5) is 12.7. The number of aromatic nitrogens is 3. The molecule has 0 unspecified atom stereocenters. The third kappa shape index (κ3) is 5.21. The molecule has 0 aliphatic rings. The molecule has 1 heterocycles. The van der Waals surface area contributed by atoms with Crippen LogP contribution >= 0.6 is 23.4 Å². The smallest absolute Gasteiger partial charge is 0.234 e. The molecule has 3 aromatic carbocycles. The SMILES string of the molecule is COc1ccc(-n2c(SCC(=O)Nc3cc(C)ccc3C)nnc2-c2ccccc2Cl)cc1. The molecule has 0 bridgehead atoms. The molecular formula is C25H23ClN4O2S. The van der Waals surface area contributed by atoms with Crippen molar-refractivity contribution in [3.05, 3.63) is 82.9 Å². The first-order valence-corrected chi connectivity index (χ1v) is 11.7. The van der Waals surface area contributed by atoms with Crippen LogP contribution < -0.4 is 10.1 Å². The maximum Gasteiger partial charge on any atom is 0.234 e. The van der Waals surface area contributed by atoms with Crippen molar-refractivity contribution >= 4 is 35.0 Å². The molecule has 1 N–H and O–H groups in total. The molecule has 168 valence electrons. The number of carbonyl (C=O) groups is 1. The van der Waals surface area contributed by atoms with E-state index in [1.165, 1.54) is 11.8 Å². The molecule has 33 heavy (non-hydrogen) atoms. The number of hydrogen-bond donors (Lipinski definition) is 1. The first-order chi connectivity index (χ1) is 16.0. The number of carbonyl (C=O) groups excluding carboxylic acids is 1. The molecule has 0 aliphatic heterocycles. The molecule has 0 radical (unpaired) electrons. The predicted octanol–water partition coefficient (Wildman–Crippen LogP) is 5.94. The van der Waals surface area contributed by atoms with E-state index in [1.54, 1.807) is 7.11 Å². The lowest BCUT2D eigenvalue weighted by molar-refractivity contribution is -0.113. The average molecular weight is 479 g/mol. The Kier molecular flexibility index (Phi) is 7.01. The number of halogens is 1. The minimum Gasteiger partial charge on any atom is -0.497 e. The van der Waals surface area contributed by atoms with Crippen LogP contribution in [0.1, 0.15) is 11.1 Å². The van der Waals surface area contributed by atoms with Crippen LogP contribution in [0.15, 0.2) is 71.9 Å². The van der Waals surface area contributed by atoms with Crippen LogP contribution in [-0.2, 0) is 4.79 Å². The van der Waals surface area contributed by atoms with Crippen molar-refractivity contribution in [3.63, 3.8) is 0 Å². The fourth-order valence-corrected chi connectivity index (χ4v) is 4.30. The van der Waals surface area contributed by atoms with Gasteiger partial charge in [-0.1, -0.05) is 47.6 Å². The van der Waals surface area contributed by atoms with Gasteiger partial charge in [0.05, 0.1) is 17.9 Å². The van der Waals surface area contributed by atoms with Gasteiger partial charge in [0.1, 0.15) is 5.75 Å². The molecule has 4 rings (SSSR count). The van der Waals surface area contributed by atoms with Gasteiger partial charge in [0.2, 0.25) is 5.91 Å². The maximum atomic E-state index is 12.7. The molecule has 4 aromatic rings. The lowest BCUT2D eigenvalue weighted by Gasteiger charge is -2.12. The average Bonchev–Trinajstić information content (AvgIpc) is 3.24. The number of benzene rings is 3. The van der Waals surface area contributed by atoms with Crippen molar-refractivity contribution in [2.75, 3.05) is 18.2 Å². The lowest BCUT2D eigenvalue weighted by atomic mass is 10.1. The fraction of sp³-hybridized carbons (Fsp3) is 0.160. The largest absolute Gasteiger partial charge is 0.497 e. The minimum absolute atomic E-state index is 0.114. The summed E-state index contributed by atoms with van der Waals surface area (Å²) in [5, 5.41) is 12.9. The summed E-state index contributed by atoms with van der Waals surface area (Å²) >= 11 is 7.76. The lowest BCUT2D eigenvalue weighted by Crippen LogP contribution is -2.15. The van der Waals surface area contributed by atoms with Crippen molar-refractivity contribution in [2.24, 2.45) is 0 Å². The van der Waals surface area contributed by atoms with Crippen LogP contribution in [0.4, 0.5) is 5.69 Å². The molecule has 0 aliphatic carbocycles. The van der Waals surface area contributed by atoms with Crippen LogP contribution in [-0.4, -0.2) is 33.5 Å². The Labute approximate surface area is 202 Å². The molecule has 1 aromatic heterocycles. The van der Waals surface area contributed by atoms with E-state index in [0.717, 1.165) is 33.8 Å². The van der Waals surface area contributed by atoms with Crippen molar-refractivity contribution in [2.45, 2.75) is 19.0 Å². The van der Waals surface area contributed by atoms with Crippen molar-refractivity contribution in [3.8, 4) is 22.8 Å². The highest BCUT2D eigenvalue weighted by molar-refractivity contribution is 7.99. The summed E-state index contributed by atoms with van der Waals surface area (Å²) in [5.74, 6) is 1.41. The van der Waals surface area contributed by atoms with E-state index in [-0.39, 0.29) is 11.7 Å². The number of thioether (sulfide) groups is 1. The van der Waals surface area contributed by atoms with Gasteiger partial charge in [0, 0.05) is 16.9 Å². The molecule has 0 atom stereocenters. The molecule has 0 spiro atoms. The topological polar surface area (TPSA) is 69.0 Å². The Morgan fingerprint density at radius 2 is 1.82 bits per heavy atom. The van der Waals surface area contributed by atoms with Gasteiger partial charge in [-0.05, 0) is 67.4 Å². The zero-order chi connectivity index (χ0) is 23.4. The van der Waals surface area contributed by atoms with Gasteiger partial charge in [0.25, 0.3) is 0 Å². The van der Waals surface area contributed by atoms with Crippen LogP contribution in [0.2, 0.25) is 5.02 Å². The van der Waals surface area contributed by atoms with E-state index >= 15 is 0 Å². The number of aryl methyl sites for hydroxylation is 2. The highest BCUT2D eigenvalue weighted by Crippen LogP contribution is 2.32. The number of amides is 1. The number of rotatable bonds is 7. The number of hydrogen-bond acceptors (Lipinski definition) is 5. The van der Waals surface area contributed by atoms with Gasteiger partial charge < -0.3 is 10.1 Å². The molecule has 8 heteroatoms. The van der Waals surface area contributed by atoms with E-state index in [2.05, 4.69) is 15.5 Å². The van der Waals surface area contributed by atoms with Gasteiger partial charge in [-0.2, -0.15) is 0 Å². The van der Waals surface area contributed by atoms with Gasteiger partial charge in [-0.25, -0.2) is 0 Å². The Hall–Kier alpha value is -3.29. The number of anilines is 1. The third-order valence-electron chi connectivity index (χ3n) is 5.08. The van der Waals surface area contributed by atoms with Crippen molar-refractivity contribution in [1.82, 2.24) is 14.8 Å². The summed E-state index contributed by atoms with van der Waals surface area (Å²) < 4.78 is 7.18. The maximum absolute atomic E-state index is 12.7. The monoisotopic (exact) mass is 478 g/mol. The van der Waals surface area contributed by atoms with Crippen LogP contribution in [0.3, 0.4) is 0 Å². The predicted molar refractivity (Wildman–Crippen MR) is 134 cm³/mol. The molecule has 6 nitrogen and oxygen atoms in total. The second-order valence-electron chi connectivity index (χ2n) is 7.47. The molecular weight excluding hydrogens is 456 g/mol. The van der Waals surface area contributed by atoms with E-state index < -0.39 is 0 Å². The number of nitrogens with zero attached hydrogens (tertiary/aromatic N) is 3. The normalized spacial score (nSPS) is 10.8. The Morgan fingerprint density at radius 3 is 2.55 bits per heavy atom. The van der Waals surface area contributed by atoms with Crippen LogP contribution in [0.5, 0.6) is 5.75 Å². The highest BCUT2D eigenvalue weighted by Gasteiger charge is 2.19. The molecule has 0 fully saturated rings. The number of ether oxygens (including phenoxy) is 1. The van der Waals surface area contributed by atoms with Gasteiger partial charge >= 0.3 is 0 Å². The zero-order valence-corrected chi connectivity index (χ0v) is 20.1. The van der Waals surface area contributed by atoms with Gasteiger partial charge in [0.15, 0.2) is 11.0 Å². The Bertz CT molecular complexity index is 1290. The summed E-state index contributed by atoms with van der Waals surface area (Å²) in [6.45, 7) is 3.97. The second-order valence-corrected chi connectivity index (χ2v) is 8.82. The molecule has 1 amide bonds. The van der Waals surface area contributed by atoms with E-state index in [1.807, 2.05) is 85.1 Å². The summed E-state index contributed by atoms with van der Waals surface area (Å²) in [5.41, 5.74) is 4.52. The van der Waals surface area contributed by atoms with Crippen LogP contribution in [0, 0.1) is 13.8 Å². The Balaban J connectivity index is 1.63. The van der Waals surface area contributed by atoms with Gasteiger partial charge in [-0.15, -0.1) is 10.2 Å². The third-order valence-corrected chi connectivity index (χ3v) is 6.34. The first kappa shape index (κ1) is 22.9. The second kappa shape index (κ2) is 10.1. The first-order valence-electron chi connectivity index (χ1n) is 10.3. The van der Waals surface area contributed by atoms with Gasteiger partial charge in [-0.3, -0.25) is 9.36 Å². The van der Waals surface area contributed by atoms with Crippen LogP contribution in [0.25, 0.3) is 17.1 Å². The van der Waals surface area contributed by atoms with E-state index in [4.69, 9.17) is 16.3 Å². The molecule has 0 saturated heterocycles. The van der Waals surface area contributed by atoms with Crippen molar-refractivity contribution in [1.29, 1.82) is 0 Å². The number of nitrogens with one attached hydrogen (secondary N) is 1. The van der Waals surface area contributed by atoms with Crippen molar-refractivity contribution < 1.29 is 9.53 Å². The standard InChI is InChI=1S/C25H23ClN4O2S/c1-16-8-9-17(2)22(14-16)27-23(31)15-33-25-29-28-24(20-6-4-5-7-21(20)26)30(25)18-10-12-19(32-3)13-11-18/h4-14H,15H2,1-3H3,(H,27,31). The zero-order valence-electron chi connectivity index (χ0n) is 18.5. The minimum atomic E-state index is -0.114. The molecule has 0 saturated carbocycles. The summed E-state index contributed by atoms with van der Waals surface area (Å²) in [7, 11) is 1.62. The van der Waals surface area contributed by atoms with E-state index in [0.29, 0.717) is 16.0 Å². The quantitative estimate of drug-likeness (QED) is 0.333.